The molecular weight excluding hydrogens is 446 g/mol. The van der Waals surface area contributed by atoms with Crippen LogP contribution in [0.2, 0.25) is 0 Å². The maximum Gasteiger partial charge on any atom is 0.337 e. The second-order valence-corrected chi connectivity index (χ2v) is 9.80. The minimum atomic E-state index is -0.921. The number of methoxy groups -OCH3 is 2. The first-order chi connectivity index (χ1) is 16.9. The Hall–Kier alpha value is -3.09. The smallest absolute Gasteiger partial charge is 0.337 e. The van der Waals surface area contributed by atoms with Crippen molar-refractivity contribution in [3.8, 4) is 5.75 Å². The first-order valence-electron chi connectivity index (χ1n) is 12.5. The van der Waals surface area contributed by atoms with Gasteiger partial charge in [-0.1, -0.05) is 38.0 Å². The van der Waals surface area contributed by atoms with Crippen molar-refractivity contribution in [3.05, 3.63) is 52.4 Å². The fourth-order valence-electron chi connectivity index (χ4n) is 5.74. The summed E-state index contributed by atoms with van der Waals surface area (Å²) in [7, 11) is 2.86. The van der Waals surface area contributed by atoms with E-state index in [0.717, 1.165) is 44.2 Å². The Kier molecular flexibility index (Phi) is 7.63. The molecule has 7 nitrogen and oxygen atoms in total. The first-order valence-corrected chi connectivity index (χ1v) is 12.5. The molecule has 1 saturated carbocycles. The zero-order valence-corrected chi connectivity index (χ0v) is 21.0. The lowest BCUT2D eigenvalue weighted by atomic mass is 9.69. The predicted molar refractivity (Wildman–Crippen MR) is 130 cm³/mol. The van der Waals surface area contributed by atoms with E-state index in [0.29, 0.717) is 34.6 Å². The molecule has 3 atom stereocenters. The van der Waals surface area contributed by atoms with Crippen molar-refractivity contribution in [1.82, 2.24) is 5.32 Å². The number of hydrogen-bond donors (Lipinski definition) is 1. The van der Waals surface area contributed by atoms with Crippen molar-refractivity contribution in [2.45, 2.75) is 70.8 Å². The number of carbonyl (C=O) groups excluding carboxylic acids is 3. The van der Waals surface area contributed by atoms with Gasteiger partial charge in [0.05, 0.1) is 25.7 Å². The molecule has 1 heterocycles. The number of benzene rings is 1. The molecule has 0 amide bonds. The molecule has 0 spiro atoms. The van der Waals surface area contributed by atoms with Crippen LogP contribution < -0.4 is 10.1 Å². The van der Waals surface area contributed by atoms with E-state index in [1.54, 1.807) is 7.11 Å². The van der Waals surface area contributed by atoms with Gasteiger partial charge in [0.1, 0.15) is 17.8 Å². The van der Waals surface area contributed by atoms with Crippen LogP contribution in [0.15, 0.2) is 46.8 Å². The number of allylic oxidation sites excluding steroid dienone is 3. The van der Waals surface area contributed by atoms with Gasteiger partial charge in [0.2, 0.25) is 0 Å². The van der Waals surface area contributed by atoms with Crippen molar-refractivity contribution in [3.63, 3.8) is 0 Å². The number of rotatable bonds is 5. The monoisotopic (exact) mass is 481 g/mol. The maximum absolute atomic E-state index is 13.8. The summed E-state index contributed by atoms with van der Waals surface area (Å²) in [4.78, 5) is 40.1. The third kappa shape index (κ3) is 4.86. The Bertz CT molecular complexity index is 1060. The van der Waals surface area contributed by atoms with Crippen LogP contribution in [0.5, 0.6) is 5.75 Å². The topological polar surface area (TPSA) is 90.9 Å². The lowest BCUT2D eigenvalue weighted by molar-refractivity contribution is -0.151. The first kappa shape index (κ1) is 25.0. The molecule has 0 saturated heterocycles. The molecule has 0 unspecified atom stereocenters. The average molecular weight is 482 g/mol. The van der Waals surface area contributed by atoms with Crippen LogP contribution in [0.4, 0.5) is 0 Å². The van der Waals surface area contributed by atoms with E-state index < -0.39 is 23.8 Å². The third-order valence-corrected chi connectivity index (χ3v) is 7.49. The highest BCUT2D eigenvalue weighted by Gasteiger charge is 2.48. The number of carbonyl (C=O) groups is 3. The van der Waals surface area contributed by atoms with Gasteiger partial charge in [0.25, 0.3) is 0 Å². The molecule has 0 aromatic heterocycles. The Morgan fingerprint density at radius 1 is 1.03 bits per heavy atom. The normalized spacial score (nSPS) is 25.4. The third-order valence-electron chi connectivity index (χ3n) is 7.49. The molecule has 2 aliphatic carbocycles. The van der Waals surface area contributed by atoms with Crippen LogP contribution in [0.1, 0.15) is 70.3 Å². The zero-order valence-electron chi connectivity index (χ0n) is 21.0. The number of esters is 2. The molecule has 188 valence electrons. The van der Waals surface area contributed by atoms with E-state index in [-0.39, 0.29) is 17.8 Å². The van der Waals surface area contributed by atoms with Crippen molar-refractivity contribution < 1.29 is 28.6 Å². The number of Topliss-reactive ketones (excluding diaryl/α,β-unsaturated/α-hetero) is 1. The van der Waals surface area contributed by atoms with E-state index in [1.165, 1.54) is 7.11 Å². The molecule has 1 fully saturated rings. The van der Waals surface area contributed by atoms with E-state index in [9.17, 15) is 14.4 Å². The van der Waals surface area contributed by atoms with Gasteiger partial charge in [0.15, 0.2) is 5.78 Å². The average Bonchev–Trinajstić information content (AvgIpc) is 3.11. The highest BCUT2D eigenvalue weighted by atomic mass is 16.5. The number of ketones is 1. The minimum absolute atomic E-state index is 0.135. The fraction of sp³-hybridized carbons (Fsp3) is 0.536. The molecule has 7 heteroatoms. The van der Waals surface area contributed by atoms with Crippen molar-refractivity contribution in [2.75, 3.05) is 14.2 Å². The van der Waals surface area contributed by atoms with Gasteiger partial charge >= 0.3 is 11.9 Å². The van der Waals surface area contributed by atoms with Crippen LogP contribution in [-0.2, 0) is 23.9 Å². The molecule has 1 aliphatic heterocycles. The molecule has 1 aromatic rings. The van der Waals surface area contributed by atoms with Crippen molar-refractivity contribution >= 4 is 17.7 Å². The quantitative estimate of drug-likeness (QED) is 0.374. The Morgan fingerprint density at radius 3 is 2.37 bits per heavy atom. The summed E-state index contributed by atoms with van der Waals surface area (Å²) in [5, 5.41) is 3.32. The highest BCUT2D eigenvalue weighted by molar-refractivity contribution is 6.12. The second kappa shape index (κ2) is 10.7. The Morgan fingerprint density at radius 2 is 1.71 bits per heavy atom. The van der Waals surface area contributed by atoms with Crippen LogP contribution >= 0.6 is 0 Å². The molecule has 35 heavy (non-hydrogen) atoms. The number of ether oxygens (including phenoxy) is 3. The fourth-order valence-corrected chi connectivity index (χ4v) is 5.74. The van der Waals surface area contributed by atoms with Gasteiger partial charge in [-0.15, -0.1) is 0 Å². The molecule has 1 aromatic carbocycles. The van der Waals surface area contributed by atoms with Gasteiger partial charge < -0.3 is 19.5 Å². The zero-order chi connectivity index (χ0) is 25.1. The molecule has 0 radical (unpaired) electrons. The predicted octanol–water partition coefficient (Wildman–Crippen LogP) is 4.57. The summed E-state index contributed by atoms with van der Waals surface area (Å²) in [5.74, 6) is -2.58. The Balaban J connectivity index is 1.80. The van der Waals surface area contributed by atoms with Crippen molar-refractivity contribution in [1.29, 1.82) is 0 Å². The highest BCUT2D eigenvalue weighted by Crippen LogP contribution is 2.47. The SMILES string of the molecule is COC(=O)[C@H]1C(=O)C2=C(C[C@H]1C)NC(C)=C(C(=O)OC1CCCCCC1)[C@@H]2c1ccccc1OC. The lowest BCUT2D eigenvalue weighted by Gasteiger charge is -2.38. The number of hydrogen-bond acceptors (Lipinski definition) is 7. The molecule has 4 rings (SSSR count). The van der Waals surface area contributed by atoms with Gasteiger partial charge in [-0.25, -0.2) is 4.79 Å². The standard InChI is InChI=1S/C28H35NO6/c1-16-15-20-25(26(30)22(16)27(31)34-4)24(19-13-9-10-14-21(19)33-3)23(17(2)29-20)28(32)35-18-11-7-5-6-8-12-18/h9-10,13-14,16,18,22,24,29H,5-8,11-12,15H2,1-4H3/t16-,22-,24+/m1/s1. The van der Waals surface area contributed by atoms with Gasteiger partial charge in [-0.05, 0) is 51.0 Å². The molecular formula is C28H35NO6. The number of para-hydroxylation sites is 1. The van der Waals surface area contributed by atoms with Crippen LogP contribution in [0, 0.1) is 11.8 Å². The van der Waals surface area contributed by atoms with E-state index in [4.69, 9.17) is 14.2 Å². The molecule has 1 N–H and O–H groups in total. The van der Waals surface area contributed by atoms with Gasteiger partial charge in [-0.2, -0.15) is 0 Å². The van der Waals surface area contributed by atoms with Crippen LogP contribution in [0.25, 0.3) is 0 Å². The molecule has 3 aliphatic rings. The number of nitrogens with one attached hydrogen (secondary N) is 1. The summed E-state index contributed by atoms with van der Waals surface area (Å²) in [5.41, 5.74) is 2.91. The van der Waals surface area contributed by atoms with E-state index in [1.807, 2.05) is 38.1 Å². The maximum atomic E-state index is 13.8. The lowest BCUT2D eigenvalue weighted by Crippen LogP contribution is -2.43. The van der Waals surface area contributed by atoms with Crippen LogP contribution in [0.3, 0.4) is 0 Å². The van der Waals surface area contributed by atoms with E-state index in [2.05, 4.69) is 5.32 Å². The summed E-state index contributed by atoms with van der Waals surface area (Å²) < 4.78 is 16.6. The van der Waals surface area contributed by atoms with Gasteiger partial charge in [0, 0.05) is 22.5 Å². The minimum Gasteiger partial charge on any atom is -0.496 e. The van der Waals surface area contributed by atoms with Gasteiger partial charge in [-0.3, -0.25) is 9.59 Å². The van der Waals surface area contributed by atoms with Crippen molar-refractivity contribution in [2.24, 2.45) is 11.8 Å². The summed E-state index contributed by atoms with van der Waals surface area (Å²) in [6.45, 7) is 3.72. The largest absolute Gasteiger partial charge is 0.496 e. The second-order valence-electron chi connectivity index (χ2n) is 9.80. The van der Waals surface area contributed by atoms with E-state index >= 15 is 0 Å². The summed E-state index contributed by atoms with van der Waals surface area (Å²) >= 11 is 0. The molecule has 0 bridgehead atoms. The summed E-state index contributed by atoms with van der Waals surface area (Å²) in [6.07, 6.45) is 6.43. The van der Waals surface area contributed by atoms with Crippen LogP contribution in [-0.4, -0.2) is 38.0 Å². The Labute approximate surface area is 206 Å². The summed E-state index contributed by atoms with van der Waals surface area (Å²) in [6, 6.07) is 7.39. The number of dihydropyridines is 1.